The van der Waals surface area contributed by atoms with Gasteiger partial charge in [0.2, 0.25) is 0 Å². The molecule has 0 radical (unpaired) electrons. The summed E-state index contributed by atoms with van der Waals surface area (Å²) in [7, 11) is 0. The van der Waals surface area contributed by atoms with Crippen molar-refractivity contribution in [2.75, 3.05) is 18.9 Å². The number of nitrogens with one attached hydrogen (secondary N) is 1. The molecule has 2 N–H and O–H groups in total. The number of benzene rings is 1. The molecule has 0 saturated carbocycles. The first-order valence-electron chi connectivity index (χ1n) is 6.56. The van der Waals surface area contributed by atoms with E-state index in [0.717, 1.165) is 18.7 Å². The Morgan fingerprint density at radius 3 is 2.56 bits per heavy atom. The Balaban J connectivity index is 2.58. The first-order chi connectivity index (χ1) is 8.50. The van der Waals surface area contributed by atoms with Gasteiger partial charge in [-0.05, 0) is 57.0 Å². The summed E-state index contributed by atoms with van der Waals surface area (Å²) in [5, 5.41) is 12.9. The molecular weight excluding hydrogens is 242 g/mol. The van der Waals surface area contributed by atoms with E-state index in [4.69, 9.17) is 0 Å². The number of hydrogen-bond donors (Lipinski definition) is 2. The van der Waals surface area contributed by atoms with Gasteiger partial charge in [0.05, 0.1) is 6.61 Å². The summed E-state index contributed by atoms with van der Waals surface area (Å²) < 4.78 is 0. The molecule has 0 saturated heterocycles. The lowest BCUT2D eigenvalue weighted by molar-refractivity contribution is 0.192. The van der Waals surface area contributed by atoms with Crippen molar-refractivity contribution >= 4 is 11.8 Å². The van der Waals surface area contributed by atoms with E-state index >= 15 is 0 Å². The predicted molar refractivity (Wildman–Crippen MR) is 80.4 cm³/mol. The summed E-state index contributed by atoms with van der Waals surface area (Å²) in [4.78, 5) is 1.27. The molecule has 0 bridgehead atoms. The Morgan fingerprint density at radius 2 is 2.00 bits per heavy atom. The van der Waals surface area contributed by atoms with Crippen LogP contribution in [0.5, 0.6) is 0 Å². The molecular formula is C15H25NOS. The standard InChI is InChI=1S/C15H25NOS/c1-5-8-16-15(4,10-17)11-18-14-7-6-12(2)13(3)9-14/h6-7,9,16-17H,5,8,10-11H2,1-4H3. The van der Waals surface area contributed by atoms with Gasteiger partial charge in [-0.15, -0.1) is 11.8 Å². The minimum absolute atomic E-state index is 0.171. The molecule has 0 amide bonds. The SMILES string of the molecule is CCCNC(C)(CO)CSc1ccc(C)c(C)c1. The van der Waals surface area contributed by atoms with Gasteiger partial charge in [0, 0.05) is 16.2 Å². The van der Waals surface area contributed by atoms with Crippen molar-refractivity contribution in [3.05, 3.63) is 29.3 Å². The Hall–Kier alpha value is -0.510. The van der Waals surface area contributed by atoms with E-state index in [1.54, 1.807) is 11.8 Å². The molecule has 0 heterocycles. The minimum atomic E-state index is -0.195. The number of aliphatic hydroxyl groups is 1. The highest BCUT2D eigenvalue weighted by molar-refractivity contribution is 7.99. The summed E-state index contributed by atoms with van der Waals surface area (Å²) in [5.74, 6) is 0.881. The van der Waals surface area contributed by atoms with Crippen LogP contribution < -0.4 is 5.32 Å². The van der Waals surface area contributed by atoms with E-state index in [0.29, 0.717) is 0 Å². The second-order valence-electron chi connectivity index (χ2n) is 5.18. The maximum absolute atomic E-state index is 9.51. The third kappa shape index (κ3) is 4.63. The van der Waals surface area contributed by atoms with Gasteiger partial charge in [0.1, 0.15) is 0 Å². The smallest absolute Gasteiger partial charge is 0.0618 e. The lowest BCUT2D eigenvalue weighted by atomic mass is 10.1. The maximum atomic E-state index is 9.51. The second-order valence-corrected chi connectivity index (χ2v) is 6.23. The fourth-order valence-corrected chi connectivity index (χ4v) is 2.73. The van der Waals surface area contributed by atoms with Crippen molar-refractivity contribution in [3.63, 3.8) is 0 Å². The van der Waals surface area contributed by atoms with Gasteiger partial charge in [-0.1, -0.05) is 13.0 Å². The average molecular weight is 267 g/mol. The van der Waals surface area contributed by atoms with Crippen LogP contribution in [0, 0.1) is 13.8 Å². The van der Waals surface area contributed by atoms with Crippen LogP contribution in [-0.2, 0) is 0 Å². The van der Waals surface area contributed by atoms with Crippen LogP contribution in [0.15, 0.2) is 23.1 Å². The number of aryl methyl sites for hydroxylation is 2. The molecule has 0 aliphatic rings. The fraction of sp³-hybridized carbons (Fsp3) is 0.600. The number of rotatable bonds is 7. The molecule has 0 fully saturated rings. The molecule has 3 heteroatoms. The van der Waals surface area contributed by atoms with Gasteiger partial charge < -0.3 is 10.4 Å². The molecule has 1 atom stereocenters. The molecule has 102 valence electrons. The topological polar surface area (TPSA) is 32.3 Å². The molecule has 0 aromatic heterocycles. The molecule has 1 unspecified atom stereocenters. The van der Waals surface area contributed by atoms with Crippen LogP contribution in [0.3, 0.4) is 0 Å². The zero-order valence-electron chi connectivity index (χ0n) is 11.9. The highest BCUT2D eigenvalue weighted by Gasteiger charge is 2.22. The molecule has 1 aromatic rings. The third-order valence-corrected chi connectivity index (χ3v) is 4.56. The highest BCUT2D eigenvalue weighted by atomic mass is 32.2. The minimum Gasteiger partial charge on any atom is -0.394 e. The molecule has 0 spiro atoms. The Bertz CT molecular complexity index is 381. The first kappa shape index (κ1) is 15.5. The van der Waals surface area contributed by atoms with E-state index < -0.39 is 0 Å². The molecule has 0 aliphatic heterocycles. The van der Waals surface area contributed by atoms with E-state index in [1.807, 2.05) is 0 Å². The van der Waals surface area contributed by atoms with Gasteiger partial charge in [-0.2, -0.15) is 0 Å². The Morgan fingerprint density at radius 1 is 1.28 bits per heavy atom. The quantitative estimate of drug-likeness (QED) is 0.744. The van der Waals surface area contributed by atoms with Crippen molar-refractivity contribution in [3.8, 4) is 0 Å². The van der Waals surface area contributed by atoms with Crippen molar-refractivity contribution < 1.29 is 5.11 Å². The number of hydrogen-bond acceptors (Lipinski definition) is 3. The van der Waals surface area contributed by atoms with E-state index in [-0.39, 0.29) is 12.1 Å². The summed E-state index contributed by atoms with van der Waals surface area (Å²) in [6, 6.07) is 6.54. The van der Waals surface area contributed by atoms with Crippen molar-refractivity contribution in [2.24, 2.45) is 0 Å². The monoisotopic (exact) mass is 267 g/mol. The van der Waals surface area contributed by atoms with Gasteiger partial charge in [-0.3, -0.25) is 0 Å². The molecule has 2 nitrogen and oxygen atoms in total. The fourth-order valence-electron chi connectivity index (χ4n) is 1.63. The highest BCUT2D eigenvalue weighted by Crippen LogP contribution is 2.24. The molecule has 0 aliphatic carbocycles. The third-order valence-electron chi connectivity index (χ3n) is 3.19. The molecule has 1 aromatic carbocycles. The van der Waals surface area contributed by atoms with Crippen LogP contribution in [0.1, 0.15) is 31.4 Å². The zero-order valence-corrected chi connectivity index (χ0v) is 12.7. The molecule has 1 rings (SSSR count). The zero-order chi connectivity index (χ0) is 13.6. The van der Waals surface area contributed by atoms with Gasteiger partial charge >= 0.3 is 0 Å². The number of aliphatic hydroxyl groups excluding tert-OH is 1. The summed E-state index contributed by atoms with van der Waals surface area (Å²) in [6.07, 6.45) is 1.09. The number of thioether (sulfide) groups is 1. The van der Waals surface area contributed by atoms with Crippen LogP contribution in [0.4, 0.5) is 0 Å². The second kappa shape index (κ2) is 7.17. The molecule has 18 heavy (non-hydrogen) atoms. The largest absolute Gasteiger partial charge is 0.394 e. The summed E-state index contributed by atoms with van der Waals surface area (Å²) in [5.41, 5.74) is 2.46. The van der Waals surface area contributed by atoms with Crippen LogP contribution in [-0.4, -0.2) is 29.5 Å². The normalized spacial score (nSPS) is 14.5. The van der Waals surface area contributed by atoms with Crippen molar-refractivity contribution in [1.82, 2.24) is 5.32 Å². The van der Waals surface area contributed by atoms with E-state index in [2.05, 4.69) is 51.2 Å². The lowest BCUT2D eigenvalue weighted by Crippen LogP contribution is -2.48. The average Bonchev–Trinajstić information content (AvgIpc) is 2.38. The van der Waals surface area contributed by atoms with E-state index in [1.165, 1.54) is 16.0 Å². The van der Waals surface area contributed by atoms with Gasteiger partial charge in [0.15, 0.2) is 0 Å². The van der Waals surface area contributed by atoms with Crippen molar-refractivity contribution in [2.45, 2.75) is 44.6 Å². The summed E-state index contributed by atoms with van der Waals surface area (Å²) in [6.45, 7) is 9.61. The van der Waals surface area contributed by atoms with Crippen LogP contribution in [0.25, 0.3) is 0 Å². The Kier molecular flexibility index (Phi) is 6.19. The van der Waals surface area contributed by atoms with Gasteiger partial charge in [-0.25, -0.2) is 0 Å². The van der Waals surface area contributed by atoms with Crippen LogP contribution >= 0.6 is 11.8 Å². The van der Waals surface area contributed by atoms with E-state index in [9.17, 15) is 5.11 Å². The first-order valence-corrected chi connectivity index (χ1v) is 7.55. The predicted octanol–water partition coefficient (Wildman–Crippen LogP) is 3.15. The van der Waals surface area contributed by atoms with Crippen molar-refractivity contribution in [1.29, 1.82) is 0 Å². The summed E-state index contributed by atoms with van der Waals surface area (Å²) >= 11 is 1.80. The maximum Gasteiger partial charge on any atom is 0.0618 e. The lowest BCUT2D eigenvalue weighted by Gasteiger charge is -2.28. The van der Waals surface area contributed by atoms with Gasteiger partial charge in [0.25, 0.3) is 0 Å². The van der Waals surface area contributed by atoms with Crippen LogP contribution in [0.2, 0.25) is 0 Å². The Labute approximate surface area is 115 Å².